The van der Waals surface area contributed by atoms with Gasteiger partial charge in [-0.25, -0.2) is 0 Å². The van der Waals surface area contributed by atoms with Crippen molar-refractivity contribution in [3.63, 3.8) is 0 Å². The molecule has 4 nitrogen and oxygen atoms in total. The van der Waals surface area contributed by atoms with Crippen LogP contribution in [-0.4, -0.2) is 49.3 Å². The first-order valence-corrected chi connectivity index (χ1v) is 8.54. The van der Waals surface area contributed by atoms with Crippen molar-refractivity contribution in [1.29, 1.82) is 0 Å². The average molecular weight is 297 g/mol. The van der Waals surface area contributed by atoms with E-state index >= 15 is 0 Å². The van der Waals surface area contributed by atoms with E-state index in [1.54, 1.807) is 0 Å². The van der Waals surface area contributed by atoms with E-state index in [9.17, 15) is 4.79 Å². The third kappa shape index (κ3) is 4.68. The zero-order valence-corrected chi connectivity index (χ0v) is 13.9. The van der Waals surface area contributed by atoms with Crippen LogP contribution in [0.5, 0.6) is 0 Å². The van der Waals surface area contributed by atoms with Gasteiger partial charge in [-0.1, -0.05) is 13.8 Å². The quantitative estimate of drug-likeness (QED) is 0.678. The van der Waals surface area contributed by atoms with E-state index in [0.717, 1.165) is 58.6 Å². The molecular weight excluding hydrogens is 266 g/mol. The number of carbonyl (C=O) groups excluding carboxylic acids is 1. The summed E-state index contributed by atoms with van der Waals surface area (Å²) >= 11 is 0. The molecule has 2 fully saturated rings. The molecular formula is C17H31NO3. The fourth-order valence-electron chi connectivity index (χ4n) is 3.39. The van der Waals surface area contributed by atoms with Crippen molar-refractivity contribution < 1.29 is 14.3 Å². The zero-order chi connectivity index (χ0) is 15.3. The van der Waals surface area contributed by atoms with Gasteiger partial charge in [0, 0.05) is 26.2 Å². The van der Waals surface area contributed by atoms with E-state index in [4.69, 9.17) is 9.47 Å². The molecule has 2 aliphatic rings. The number of rotatable bonds is 7. The van der Waals surface area contributed by atoms with Crippen molar-refractivity contribution in [1.82, 2.24) is 4.90 Å². The Kier molecular flexibility index (Phi) is 6.06. The first-order chi connectivity index (χ1) is 10.0. The molecule has 0 bridgehead atoms. The van der Waals surface area contributed by atoms with Crippen molar-refractivity contribution in [2.45, 2.75) is 58.5 Å². The summed E-state index contributed by atoms with van der Waals surface area (Å²) in [6, 6.07) is 0. The lowest BCUT2D eigenvalue weighted by Gasteiger charge is -2.53. The van der Waals surface area contributed by atoms with Gasteiger partial charge in [-0.05, 0) is 44.4 Å². The van der Waals surface area contributed by atoms with Crippen LogP contribution in [0.3, 0.4) is 0 Å². The Morgan fingerprint density at radius 2 is 2.19 bits per heavy atom. The van der Waals surface area contributed by atoms with Gasteiger partial charge in [0.25, 0.3) is 0 Å². The van der Waals surface area contributed by atoms with Crippen LogP contribution < -0.4 is 0 Å². The zero-order valence-electron chi connectivity index (χ0n) is 13.9. The van der Waals surface area contributed by atoms with Gasteiger partial charge in [-0.3, -0.25) is 4.79 Å². The molecule has 0 aromatic rings. The van der Waals surface area contributed by atoms with Crippen LogP contribution in [0, 0.1) is 11.8 Å². The minimum Gasteiger partial charge on any atom is -0.382 e. The van der Waals surface area contributed by atoms with Crippen molar-refractivity contribution in [2.75, 3.05) is 32.9 Å². The van der Waals surface area contributed by atoms with Gasteiger partial charge in [0.05, 0.1) is 13.1 Å². The number of carbonyl (C=O) groups is 1. The first kappa shape index (κ1) is 16.8. The van der Waals surface area contributed by atoms with E-state index in [0.29, 0.717) is 24.2 Å². The van der Waals surface area contributed by atoms with Gasteiger partial charge in [-0.2, -0.15) is 0 Å². The van der Waals surface area contributed by atoms with Gasteiger partial charge in [0.15, 0.2) is 0 Å². The molecule has 2 rings (SSSR count). The second-order valence-electron chi connectivity index (χ2n) is 7.06. The monoisotopic (exact) mass is 297 g/mol. The third-order valence-electron chi connectivity index (χ3n) is 4.72. The molecule has 0 radical (unpaired) electrons. The molecule has 0 aromatic carbocycles. The van der Waals surface area contributed by atoms with Crippen LogP contribution in [0.15, 0.2) is 0 Å². The summed E-state index contributed by atoms with van der Waals surface area (Å²) in [6.45, 7) is 10.5. The lowest BCUT2D eigenvalue weighted by atomic mass is 9.79. The molecule has 1 unspecified atom stereocenters. The topological polar surface area (TPSA) is 38.8 Å². The average Bonchev–Trinajstić information content (AvgIpc) is 2.42. The smallest absolute Gasteiger partial charge is 0.222 e. The molecule has 0 N–H and O–H groups in total. The van der Waals surface area contributed by atoms with E-state index in [1.807, 2.05) is 11.8 Å². The summed E-state index contributed by atoms with van der Waals surface area (Å²) < 4.78 is 11.5. The predicted molar refractivity (Wildman–Crippen MR) is 83.2 cm³/mol. The van der Waals surface area contributed by atoms with Gasteiger partial charge in [-0.15, -0.1) is 0 Å². The molecule has 0 saturated carbocycles. The molecule has 2 saturated heterocycles. The number of hydrogen-bond donors (Lipinski definition) is 0. The normalized spacial score (nSPS) is 24.4. The van der Waals surface area contributed by atoms with Gasteiger partial charge in [0.1, 0.15) is 5.60 Å². The number of hydrogen-bond acceptors (Lipinski definition) is 3. The fourth-order valence-corrected chi connectivity index (χ4v) is 3.39. The van der Waals surface area contributed by atoms with Crippen LogP contribution in [0.2, 0.25) is 0 Å². The maximum Gasteiger partial charge on any atom is 0.222 e. The molecule has 122 valence electrons. The first-order valence-electron chi connectivity index (χ1n) is 8.54. The Morgan fingerprint density at radius 3 is 2.86 bits per heavy atom. The maximum atomic E-state index is 12.1. The van der Waals surface area contributed by atoms with Crippen LogP contribution >= 0.6 is 0 Å². The Labute approximate surface area is 129 Å². The summed E-state index contributed by atoms with van der Waals surface area (Å²) in [5, 5.41) is 0. The van der Waals surface area contributed by atoms with Gasteiger partial charge in [0.2, 0.25) is 5.91 Å². The summed E-state index contributed by atoms with van der Waals surface area (Å²) in [6.07, 6.45) is 5.02. The molecule has 1 amide bonds. The minimum absolute atomic E-state index is 0.0391. The highest BCUT2D eigenvalue weighted by Gasteiger charge is 2.48. The molecule has 0 aromatic heterocycles. The number of amides is 1. The minimum atomic E-state index is -0.0391. The number of nitrogens with zero attached hydrogens (tertiary/aromatic N) is 1. The Hall–Kier alpha value is -0.610. The molecule has 1 spiro atoms. The van der Waals surface area contributed by atoms with Crippen molar-refractivity contribution in [3.8, 4) is 0 Å². The molecule has 1 atom stereocenters. The number of ether oxygens (including phenoxy) is 2. The Balaban J connectivity index is 1.71. The second-order valence-corrected chi connectivity index (χ2v) is 7.06. The molecule has 2 heterocycles. The standard InChI is InChI=1S/C17H31NO3/c1-4-20-9-7-15-8-10-21-17(11-15)12-18(13-17)16(19)6-5-14(2)3/h14-15H,4-13H2,1-3H3. The molecule has 4 heteroatoms. The highest BCUT2D eigenvalue weighted by Crippen LogP contribution is 2.38. The van der Waals surface area contributed by atoms with E-state index < -0.39 is 0 Å². The maximum absolute atomic E-state index is 12.1. The lowest BCUT2D eigenvalue weighted by Crippen LogP contribution is -2.66. The molecule has 2 aliphatic heterocycles. The molecule has 21 heavy (non-hydrogen) atoms. The van der Waals surface area contributed by atoms with Crippen LogP contribution in [0.25, 0.3) is 0 Å². The predicted octanol–water partition coefficient (Wildman–Crippen LogP) is 2.86. The fraction of sp³-hybridized carbons (Fsp3) is 0.941. The van der Waals surface area contributed by atoms with Crippen molar-refractivity contribution in [2.24, 2.45) is 11.8 Å². The summed E-state index contributed by atoms with van der Waals surface area (Å²) in [5.41, 5.74) is -0.0391. The summed E-state index contributed by atoms with van der Waals surface area (Å²) in [4.78, 5) is 14.1. The second kappa shape index (κ2) is 7.59. The van der Waals surface area contributed by atoms with Gasteiger partial charge < -0.3 is 14.4 Å². The van der Waals surface area contributed by atoms with Crippen molar-refractivity contribution >= 4 is 5.91 Å². The van der Waals surface area contributed by atoms with Crippen LogP contribution in [0.4, 0.5) is 0 Å². The SMILES string of the molecule is CCOCCC1CCOC2(C1)CN(C(=O)CCC(C)C)C2. The Morgan fingerprint density at radius 1 is 1.43 bits per heavy atom. The molecule has 0 aliphatic carbocycles. The third-order valence-corrected chi connectivity index (χ3v) is 4.72. The summed E-state index contributed by atoms with van der Waals surface area (Å²) in [5.74, 6) is 1.59. The van der Waals surface area contributed by atoms with Crippen LogP contribution in [0.1, 0.15) is 52.9 Å². The summed E-state index contributed by atoms with van der Waals surface area (Å²) in [7, 11) is 0. The highest BCUT2D eigenvalue weighted by atomic mass is 16.5. The van der Waals surface area contributed by atoms with E-state index in [2.05, 4.69) is 13.8 Å². The largest absolute Gasteiger partial charge is 0.382 e. The van der Waals surface area contributed by atoms with Crippen molar-refractivity contribution in [3.05, 3.63) is 0 Å². The highest BCUT2D eigenvalue weighted by molar-refractivity contribution is 5.77. The van der Waals surface area contributed by atoms with E-state index in [1.165, 1.54) is 0 Å². The van der Waals surface area contributed by atoms with Gasteiger partial charge >= 0.3 is 0 Å². The number of likely N-dealkylation sites (tertiary alicyclic amines) is 1. The Bertz CT molecular complexity index is 337. The van der Waals surface area contributed by atoms with Crippen LogP contribution in [-0.2, 0) is 14.3 Å². The van der Waals surface area contributed by atoms with E-state index in [-0.39, 0.29) is 5.60 Å². The lowest BCUT2D eigenvalue weighted by molar-refractivity contribution is -0.189.